The lowest BCUT2D eigenvalue weighted by atomic mass is 9.90. The van der Waals surface area contributed by atoms with Crippen molar-refractivity contribution in [2.75, 3.05) is 24.5 Å². The van der Waals surface area contributed by atoms with Crippen LogP contribution in [0.15, 0.2) is 60.7 Å². The molecule has 186 valence electrons. The predicted octanol–water partition coefficient (Wildman–Crippen LogP) is 5.80. The van der Waals surface area contributed by atoms with Crippen LogP contribution in [0.2, 0.25) is 0 Å². The summed E-state index contributed by atoms with van der Waals surface area (Å²) >= 11 is 0. The molecule has 7 heteroatoms. The van der Waals surface area contributed by atoms with Crippen LogP contribution in [-0.4, -0.2) is 47.3 Å². The van der Waals surface area contributed by atoms with Crippen LogP contribution in [0.4, 0.5) is 14.9 Å². The fourth-order valence-electron chi connectivity index (χ4n) is 5.46. The first-order chi connectivity index (χ1) is 17.2. The number of anilines is 1. The number of carbonyl (C=O) groups excluding carboxylic acids is 1. The van der Waals surface area contributed by atoms with Gasteiger partial charge in [0.15, 0.2) is 0 Å². The number of amides is 1. The molecule has 2 fully saturated rings. The number of aromatic carboxylic acids is 1. The van der Waals surface area contributed by atoms with Gasteiger partial charge in [0, 0.05) is 38.2 Å². The summed E-state index contributed by atoms with van der Waals surface area (Å²) in [5, 5.41) is 9.11. The predicted molar refractivity (Wildman–Crippen MR) is 136 cm³/mol. The number of rotatable bonds is 5. The molecule has 0 radical (unpaired) electrons. The first-order valence-electron chi connectivity index (χ1n) is 12.2. The molecule has 2 heterocycles. The van der Waals surface area contributed by atoms with E-state index >= 15 is 0 Å². The smallest absolute Gasteiger partial charge is 0.415 e. The van der Waals surface area contributed by atoms with E-state index in [1.165, 1.54) is 41.0 Å². The minimum absolute atomic E-state index is 0.186. The number of nitrogens with zero attached hydrogens (tertiary/aromatic N) is 2. The van der Waals surface area contributed by atoms with E-state index in [-0.39, 0.29) is 17.5 Å². The van der Waals surface area contributed by atoms with Crippen molar-refractivity contribution in [3.8, 4) is 11.1 Å². The normalized spacial score (nSPS) is 17.4. The first-order valence-corrected chi connectivity index (χ1v) is 12.2. The van der Waals surface area contributed by atoms with Gasteiger partial charge in [-0.3, -0.25) is 9.80 Å². The van der Waals surface area contributed by atoms with Crippen molar-refractivity contribution in [1.29, 1.82) is 0 Å². The molecule has 3 aromatic rings. The van der Waals surface area contributed by atoms with Crippen molar-refractivity contribution in [3.05, 3.63) is 88.7 Å². The van der Waals surface area contributed by atoms with E-state index in [0.29, 0.717) is 12.2 Å². The number of carboxylic acids is 1. The molecular formula is C29H29FN2O4. The van der Waals surface area contributed by atoms with Gasteiger partial charge in [-0.1, -0.05) is 24.3 Å². The zero-order valence-corrected chi connectivity index (χ0v) is 20.5. The molecular weight excluding hydrogens is 459 g/mol. The van der Waals surface area contributed by atoms with Gasteiger partial charge >= 0.3 is 12.1 Å². The van der Waals surface area contributed by atoms with Gasteiger partial charge in [0.25, 0.3) is 0 Å². The van der Waals surface area contributed by atoms with E-state index in [2.05, 4.69) is 30.9 Å². The minimum Gasteiger partial charge on any atom is -0.478 e. The number of halogens is 1. The number of aryl methyl sites for hydroxylation is 2. The molecule has 0 aromatic heterocycles. The number of likely N-dealkylation sites (tertiary alicyclic amines) is 1. The lowest BCUT2D eigenvalue weighted by Crippen LogP contribution is -2.46. The van der Waals surface area contributed by atoms with Gasteiger partial charge in [0.05, 0.1) is 12.1 Å². The van der Waals surface area contributed by atoms with Gasteiger partial charge in [-0.05, 0) is 78.1 Å². The van der Waals surface area contributed by atoms with Gasteiger partial charge in [-0.15, -0.1) is 0 Å². The highest BCUT2D eigenvalue weighted by molar-refractivity contribution is 5.92. The lowest BCUT2D eigenvalue weighted by molar-refractivity contribution is -0.000987. The van der Waals surface area contributed by atoms with E-state index in [1.807, 2.05) is 12.1 Å². The summed E-state index contributed by atoms with van der Waals surface area (Å²) in [4.78, 5) is 27.7. The second-order valence-electron chi connectivity index (χ2n) is 9.88. The standard InChI is InChI=1S/C29H29FN2O4/c1-19-15-21(16-20(2)26(19)22-3-7-24(30)8-4-22)17-31-13-11-29(12-14-31)18-32(28(35)36-29)25-9-5-23(6-10-25)27(33)34/h3-10,15-16H,11-14,17-18H2,1-2H3,(H,33,34). The molecule has 2 aliphatic heterocycles. The van der Waals surface area contributed by atoms with Crippen LogP contribution in [0.25, 0.3) is 11.1 Å². The molecule has 0 aliphatic carbocycles. The van der Waals surface area contributed by atoms with Gasteiger partial charge < -0.3 is 9.84 Å². The Morgan fingerprint density at radius 2 is 1.61 bits per heavy atom. The van der Waals surface area contributed by atoms with Crippen molar-refractivity contribution in [3.63, 3.8) is 0 Å². The molecule has 3 aromatic carbocycles. The highest BCUT2D eigenvalue weighted by Gasteiger charge is 2.47. The van der Waals surface area contributed by atoms with E-state index in [1.54, 1.807) is 17.0 Å². The fourth-order valence-corrected chi connectivity index (χ4v) is 5.46. The molecule has 1 N–H and O–H groups in total. The largest absolute Gasteiger partial charge is 0.478 e. The monoisotopic (exact) mass is 488 g/mol. The minimum atomic E-state index is -0.995. The molecule has 5 rings (SSSR count). The molecule has 0 saturated carbocycles. The second-order valence-corrected chi connectivity index (χ2v) is 9.88. The van der Waals surface area contributed by atoms with E-state index in [9.17, 15) is 14.0 Å². The second kappa shape index (κ2) is 9.39. The fraction of sp³-hybridized carbons (Fsp3) is 0.310. The summed E-state index contributed by atoms with van der Waals surface area (Å²) in [6, 6.07) is 17.3. The van der Waals surface area contributed by atoms with Gasteiger partial charge in [0.1, 0.15) is 11.4 Å². The van der Waals surface area contributed by atoms with Crippen LogP contribution in [0.5, 0.6) is 0 Å². The molecule has 6 nitrogen and oxygen atoms in total. The van der Waals surface area contributed by atoms with Crippen LogP contribution < -0.4 is 4.90 Å². The number of carbonyl (C=O) groups is 2. The zero-order chi connectivity index (χ0) is 25.4. The molecule has 2 saturated heterocycles. The maximum absolute atomic E-state index is 13.4. The highest BCUT2D eigenvalue weighted by Crippen LogP contribution is 2.36. The summed E-state index contributed by atoms with van der Waals surface area (Å²) in [6.45, 7) is 7.10. The number of carboxylic acid groups (broad SMARTS) is 1. The number of hydrogen-bond donors (Lipinski definition) is 1. The summed E-state index contributed by atoms with van der Waals surface area (Å²) < 4.78 is 19.2. The Kier molecular flexibility index (Phi) is 6.26. The molecule has 1 amide bonds. The lowest BCUT2D eigenvalue weighted by Gasteiger charge is -2.37. The SMILES string of the molecule is Cc1cc(CN2CCC3(CC2)CN(c2ccc(C(=O)O)cc2)C(=O)O3)cc(C)c1-c1ccc(F)cc1. The zero-order valence-electron chi connectivity index (χ0n) is 20.5. The van der Waals surface area contributed by atoms with Crippen LogP contribution >= 0.6 is 0 Å². The third-order valence-corrected chi connectivity index (χ3v) is 7.30. The molecule has 36 heavy (non-hydrogen) atoms. The Morgan fingerprint density at radius 3 is 2.19 bits per heavy atom. The Bertz CT molecular complexity index is 1270. The van der Waals surface area contributed by atoms with Crippen LogP contribution in [-0.2, 0) is 11.3 Å². The third kappa shape index (κ3) is 4.71. The molecule has 2 aliphatic rings. The topological polar surface area (TPSA) is 70.1 Å². The van der Waals surface area contributed by atoms with Crippen LogP contribution in [0, 0.1) is 19.7 Å². The molecule has 1 spiro atoms. The molecule has 0 atom stereocenters. The van der Waals surface area contributed by atoms with Gasteiger partial charge in [-0.2, -0.15) is 0 Å². The Labute approximate surface area is 209 Å². The van der Waals surface area contributed by atoms with Crippen LogP contribution in [0.3, 0.4) is 0 Å². The molecule has 0 unspecified atom stereocenters. The Morgan fingerprint density at radius 1 is 1.00 bits per heavy atom. The Hall–Kier alpha value is -3.71. The number of piperidine rings is 1. The third-order valence-electron chi connectivity index (χ3n) is 7.30. The van der Waals surface area contributed by atoms with E-state index in [4.69, 9.17) is 9.84 Å². The quantitative estimate of drug-likeness (QED) is 0.492. The average Bonchev–Trinajstić information content (AvgIpc) is 3.17. The maximum atomic E-state index is 13.4. The average molecular weight is 489 g/mol. The van der Waals surface area contributed by atoms with Crippen molar-refractivity contribution < 1.29 is 23.8 Å². The van der Waals surface area contributed by atoms with Crippen molar-refractivity contribution in [2.24, 2.45) is 0 Å². The van der Waals surface area contributed by atoms with Gasteiger partial charge in [-0.25, -0.2) is 14.0 Å². The van der Waals surface area contributed by atoms with Crippen molar-refractivity contribution in [1.82, 2.24) is 4.90 Å². The van der Waals surface area contributed by atoms with Crippen LogP contribution in [0.1, 0.15) is 39.9 Å². The molecule has 0 bridgehead atoms. The highest BCUT2D eigenvalue weighted by atomic mass is 19.1. The van der Waals surface area contributed by atoms with Crippen molar-refractivity contribution in [2.45, 2.75) is 38.8 Å². The summed E-state index contributed by atoms with van der Waals surface area (Å²) in [5.41, 5.74) is 6.04. The summed E-state index contributed by atoms with van der Waals surface area (Å²) in [7, 11) is 0. The number of benzene rings is 3. The summed E-state index contributed by atoms with van der Waals surface area (Å²) in [5.74, 6) is -1.23. The number of ether oxygens (including phenoxy) is 1. The summed E-state index contributed by atoms with van der Waals surface area (Å²) in [6.07, 6.45) is 1.11. The maximum Gasteiger partial charge on any atom is 0.415 e. The number of hydrogen-bond acceptors (Lipinski definition) is 4. The van der Waals surface area contributed by atoms with E-state index < -0.39 is 11.6 Å². The van der Waals surface area contributed by atoms with Crippen molar-refractivity contribution >= 4 is 17.7 Å². The van der Waals surface area contributed by atoms with E-state index in [0.717, 1.165) is 43.6 Å². The Balaban J connectivity index is 1.23. The van der Waals surface area contributed by atoms with Gasteiger partial charge in [0.2, 0.25) is 0 Å². The first kappa shape index (κ1) is 24.0.